The fourth-order valence-electron chi connectivity index (χ4n) is 3.25. The van der Waals surface area contributed by atoms with E-state index in [0.717, 1.165) is 6.54 Å². The van der Waals surface area contributed by atoms with Gasteiger partial charge in [0, 0.05) is 6.04 Å². The molecule has 0 amide bonds. The molecule has 2 aromatic carbocycles. The van der Waals surface area contributed by atoms with Crippen LogP contribution in [-0.4, -0.2) is 6.54 Å². The Kier molecular flexibility index (Phi) is 5.19. The third kappa shape index (κ3) is 2.88. The van der Waals surface area contributed by atoms with Gasteiger partial charge in [-0.25, -0.2) is 0 Å². The van der Waals surface area contributed by atoms with Crippen LogP contribution >= 0.6 is 0 Å². The molecule has 0 aromatic heterocycles. The van der Waals surface area contributed by atoms with Crippen molar-refractivity contribution in [3.05, 3.63) is 47.5 Å². The lowest BCUT2D eigenvalue weighted by atomic mass is 9.85. The second-order valence-electron chi connectivity index (χ2n) is 5.63. The summed E-state index contributed by atoms with van der Waals surface area (Å²) in [4.78, 5) is 0. The molecular weight excluding hydrogens is 242 g/mol. The van der Waals surface area contributed by atoms with Gasteiger partial charge in [-0.15, -0.1) is 0 Å². The average molecular weight is 269 g/mol. The molecule has 0 saturated carbocycles. The summed E-state index contributed by atoms with van der Waals surface area (Å²) >= 11 is 0. The first-order valence-electron chi connectivity index (χ1n) is 7.94. The number of hydrogen-bond acceptors (Lipinski definition) is 1. The first kappa shape index (κ1) is 15.1. The molecule has 0 bridgehead atoms. The summed E-state index contributed by atoms with van der Waals surface area (Å²) in [5, 5.41) is 6.51. The van der Waals surface area contributed by atoms with E-state index in [1.165, 1.54) is 34.7 Å². The molecule has 1 heteroatoms. The van der Waals surface area contributed by atoms with Gasteiger partial charge in [0.15, 0.2) is 0 Å². The predicted molar refractivity (Wildman–Crippen MR) is 89.2 cm³/mol. The summed E-state index contributed by atoms with van der Waals surface area (Å²) in [7, 11) is 0. The molecule has 2 rings (SSSR count). The minimum absolute atomic E-state index is 0.459. The van der Waals surface area contributed by atoms with Crippen LogP contribution in [0.3, 0.4) is 0 Å². The van der Waals surface area contributed by atoms with E-state index >= 15 is 0 Å². The Morgan fingerprint density at radius 1 is 0.900 bits per heavy atom. The zero-order valence-electron chi connectivity index (χ0n) is 13.2. The Morgan fingerprint density at radius 2 is 1.55 bits per heavy atom. The Labute approximate surface area is 123 Å². The third-order valence-electron chi connectivity index (χ3n) is 4.46. The lowest BCUT2D eigenvalue weighted by Crippen LogP contribution is -2.28. The topological polar surface area (TPSA) is 12.0 Å². The number of benzene rings is 2. The first-order valence-corrected chi connectivity index (χ1v) is 7.94. The largest absolute Gasteiger partial charge is 0.310 e. The molecule has 20 heavy (non-hydrogen) atoms. The van der Waals surface area contributed by atoms with Crippen molar-refractivity contribution >= 4 is 10.8 Å². The number of hydrogen-bond donors (Lipinski definition) is 1. The van der Waals surface area contributed by atoms with E-state index in [1.54, 1.807) is 0 Å². The average Bonchev–Trinajstić information content (AvgIpc) is 2.48. The fourth-order valence-corrected chi connectivity index (χ4v) is 3.25. The molecule has 1 nitrogen and oxygen atoms in total. The van der Waals surface area contributed by atoms with Gasteiger partial charge in [0.1, 0.15) is 0 Å². The highest BCUT2D eigenvalue weighted by Gasteiger charge is 2.21. The van der Waals surface area contributed by atoms with Gasteiger partial charge in [0.05, 0.1) is 0 Å². The number of rotatable bonds is 6. The summed E-state index contributed by atoms with van der Waals surface area (Å²) in [5.74, 6) is 0.695. The summed E-state index contributed by atoms with van der Waals surface area (Å²) in [6.07, 6.45) is 2.44. The summed E-state index contributed by atoms with van der Waals surface area (Å²) in [6.45, 7) is 10.0. The van der Waals surface area contributed by atoms with Gasteiger partial charge in [-0.2, -0.15) is 0 Å². The highest BCUT2D eigenvalue weighted by molar-refractivity contribution is 5.88. The van der Waals surface area contributed by atoms with Crippen molar-refractivity contribution in [2.75, 3.05) is 6.54 Å². The van der Waals surface area contributed by atoms with Crippen molar-refractivity contribution in [2.24, 2.45) is 5.92 Å². The molecule has 0 aliphatic rings. The van der Waals surface area contributed by atoms with Gasteiger partial charge in [-0.1, -0.05) is 70.0 Å². The van der Waals surface area contributed by atoms with E-state index in [9.17, 15) is 0 Å². The molecular formula is C19H27N. The van der Waals surface area contributed by atoms with E-state index < -0.39 is 0 Å². The van der Waals surface area contributed by atoms with Crippen LogP contribution in [0.15, 0.2) is 36.4 Å². The van der Waals surface area contributed by atoms with Crippen LogP contribution in [0, 0.1) is 12.8 Å². The van der Waals surface area contributed by atoms with Gasteiger partial charge in [-0.05, 0) is 41.3 Å². The monoisotopic (exact) mass is 269 g/mol. The van der Waals surface area contributed by atoms with Crippen LogP contribution in [0.25, 0.3) is 10.8 Å². The van der Waals surface area contributed by atoms with Crippen molar-refractivity contribution in [3.63, 3.8) is 0 Å². The van der Waals surface area contributed by atoms with Crippen LogP contribution in [0.2, 0.25) is 0 Å². The lowest BCUT2D eigenvalue weighted by molar-refractivity contribution is 0.348. The van der Waals surface area contributed by atoms with Crippen LogP contribution in [-0.2, 0) is 0 Å². The van der Waals surface area contributed by atoms with E-state index in [0.29, 0.717) is 12.0 Å². The molecule has 0 heterocycles. The minimum Gasteiger partial charge on any atom is -0.310 e. The van der Waals surface area contributed by atoms with E-state index in [-0.39, 0.29) is 0 Å². The van der Waals surface area contributed by atoms with Crippen LogP contribution < -0.4 is 5.32 Å². The molecule has 1 N–H and O–H groups in total. The van der Waals surface area contributed by atoms with Gasteiger partial charge in [0.25, 0.3) is 0 Å². The molecule has 0 fully saturated rings. The van der Waals surface area contributed by atoms with Crippen molar-refractivity contribution in [2.45, 2.75) is 46.6 Å². The fraction of sp³-hybridized carbons (Fsp3) is 0.474. The molecule has 108 valence electrons. The van der Waals surface area contributed by atoms with E-state index in [1.807, 2.05) is 0 Å². The van der Waals surface area contributed by atoms with Crippen LogP contribution in [0.1, 0.15) is 50.8 Å². The number of fused-ring (bicyclic) bond motifs is 1. The third-order valence-corrected chi connectivity index (χ3v) is 4.46. The zero-order chi connectivity index (χ0) is 14.5. The smallest absolute Gasteiger partial charge is 0.0354 e. The van der Waals surface area contributed by atoms with E-state index in [2.05, 4.69) is 69.4 Å². The van der Waals surface area contributed by atoms with Crippen molar-refractivity contribution in [3.8, 4) is 0 Å². The minimum atomic E-state index is 0.459. The number of nitrogens with one attached hydrogen (secondary N) is 1. The Bertz CT molecular complexity index is 555. The van der Waals surface area contributed by atoms with Crippen molar-refractivity contribution in [1.82, 2.24) is 5.32 Å². The molecule has 2 aromatic rings. The molecule has 1 unspecified atom stereocenters. The molecule has 1 atom stereocenters. The zero-order valence-corrected chi connectivity index (χ0v) is 13.2. The van der Waals surface area contributed by atoms with Gasteiger partial charge in [-0.3, -0.25) is 0 Å². The highest BCUT2D eigenvalue weighted by atomic mass is 14.9. The van der Waals surface area contributed by atoms with Crippen molar-refractivity contribution < 1.29 is 0 Å². The number of aryl methyl sites for hydroxylation is 1. The quantitative estimate of drug-likeness (QED) is 0.756. The molecule has 0 spiro atoms. The van der Waals surface area contributed by atoms with Crippen molar-refractivity contribution in [1.29, 1.82) is 0 Å². The maximum Gasteiger partial charge on any atom is 0.0354 e. The summed E-state index contributed by atoms with van der Waals surface area (Å²) < 4.78 is 0. The molecule has 0 aliphatic heterocycles. The Balaban J connectivity index is 2.56. The second kappa shape index (κ2) is 6.90. The second-order valence-corrected chi connectivity index (χ2v) is 5.63. The maximum absolute atomic E-state index is 3.71. The highest BCUT2D eigenvalue weighted by Crippen LogP contribution is 2.33. The van der Waals surface area contributed by atoms with Gasteiger partial charge < -0.3 is 5.32 Å². The molecule has 0 radical (unpaired) electrons. The van der Waals surface area contributed by atoms with Crippen LogP contribution in [0.4, 0.5) is 0 Å². The molecule has 0 saturated heterocycles. The normalized spacial score (nSPS) is 13.1. The maximum atomic E-state index is 3.71. The first-order chi connectivity index (χ1) is 9.72. The SMILES string of the molecule is CCNC(c1ccc(C)c2ccccc12)C(CC)CC. The van der Waals surface area contributed by atoms with Gasteiger partial charge in [0.2, 0.25) is 0 Å². The Morgan fingerprint density at radius 3 is 2.15 bits per heavy atom. The predicted octanol–water partition coefficient (Wildman–Crippen LogP) is 5.24. The van der Waals surface area contributed by atoms with Gasteiger partial charge >= 0.3 is 0 Å². The van der Waals surface area contributed by atoms with E-state index in [4.69, 9.17) is 0 Å². The summed E-state index contributed by atoms with van der Waals surface area (Å²) in [6, 6.07) is 13.8. The van der Waals surface area contributed by atoms with Crippen LogP contribution in [0.5, 0.6) is 0 Å². The molecule has 0 aliphatic carbocycles. The summed E-state index contributed by atoms with van der Waals surface area (Å²) in [5.41, 5.74) is 2.82. The lowest BCUT2D eigenvalue weighted by Gasteiger charge is -2.28. The Hall–Kier alpha value is -1.34. The standard InChI is InChI=1S/C19H27N/c1-5-15(6-2)19(20-7-3)18-13-12-14(4)16-10-8-9-11-17(16)18/h8-13,15,19-20H,5-7H2,1-4H3.